The third-order valence-electron chi connectivity index (χ3n) is 8.69. The number of allylic oxidation sites excluding steroid dienone is 1. The summed E-state index contributed by atoms with van der Waals surface area (Å²) < 4.78 is 18.1. The molecule has 0 radical (unpaired) electrons. The van der Waals surface area contributed by atoms with Gasteiger partial charge in [-0.25, -0.2) is 0 Å². The van der Waals surface area contributed by atoms with E-state index in [0.717, 1.165) is 0 Å². The highest BCUT2D eigenvalue weighted by molar-refractivity contribution is 5.66. The fraction of sp³-hybridized carbons (Fsp3) is 0.618. The van der Waals surface area contributed by atoms with Crippen molar-refractivity contribution in [2.45, 2.75) is 132 Å². The molecule has 0 bridgehead atoms. The van der Waals surface area contributed by atoms with E-state index in [0.29, 0.717) is 63.7 Å². The number of aliphatic hydroxyl groups excluding tert-OH is 2. The van der Waals surface area contributed by atoms with E-state index < -0.39 is 36.1 Å². The van der Waals surface area contributed by atoms with Crippen LogP contribution in [0.1, 0.15) is 125 Å². The zero-order valence-corrected chi connectivity index (χ0v) is 27.4. The van der Waals surface area contributed by atoms with Crippen molar-refractivity contribution < 1.29 is 28.6 Å². The smallest absolute Gasteiger partial charge is 0.302 e. The largest absolute Gasteiger partial charge is 0.465 e. The molecule has 0 spiro atoms. The van der Waals surface area contributed by atoms with Crippen LogP contribution < -0.4 is 10.9 Å². The summed E-state index contributed by atoms with van der Waals surface area (Å²) in [5.41, 5.74) is 2.38. The van der Waals surface area contributed by atoms with Crippen LogP contribution in [0.3, 0.4) is 0 Å². The van der Waals surface area contributed by atoms with E-state index in [2.05, 4.69) is 0 Å². The van der Waals surface area contributed by atoms with E-state index in [1.807, 2.05) is 40.7 Å². The van der Waals surface area contributed by atoms with Gasteiger partial charge in [0.25, 0.3) is 0 Å². The van der Waals surface area contributed by atoms with Crippen LogP contribution in [0.5, 0.6) is 0 Å². The molecule has 0 saturated carbocycles. The molecule has 2 aromatic rings. The molecule has 0 amide bonds. The molecule has 0 fully saturated rings. The van der Waals surface area contributed by atoms with Gasteiger partial charge in [0.1, 0.15) is 29.1 Å². The molecule has 2 heterocycles. The molecule has 2 aromatic heterocycles. The molecule has 0 aliphatic heterocycles. The van der Waals surface area contributed by atoms with Crippen LogP contribution in [0.25, 0.3) is 0 Å². The Labute approximate surface area is 249 Å². The Morgan fingerprint density at radius 2 is 1.31 bits per heavy atom. The number of rotatable bonds is 12. The molecule has 8 nitrogen and oxygen atoms in total. The number of hydrogen-bond donors (Lipinski definition) is 2. The Hall–Kier alpha value is -2.97. The minimum absolute atomic E-state index is 0.102. The molecule has 0 unspecified atom stereocenters. The molecular weight excluding hydrogens is 536 g/mol. The van der Waals surface area contributed by atoms with Gasteiger partial charge in [0.15, 0.2) is 10.9 Å². The molecule has 0 aromatic carbocycles. The minimum Gasteiger partial charge on any atom is -0.465 e. The third kappa shape index (κ3) is 7.32. The molecule has 7 atom stereocenters. The highest BCUT2D eigenvalue weighted by atomic mass is 16.5. The second-order valence-corrected chi connectivity index (χ2v) is 11.9. The van der Waals surface area contributed by atoms with Gasteiger partial charge >= 0.3 is 5.97 Å². The second-order valence-electron chi connectivity index (χ2n) is 11.9. The number of carbonyl (C=O) groups excluding carboxylic acids is 1. The summed E-state index contributed by atoms with van der Waals surface area (Å²) in [6.07, 6.45) is 0.470. The van der Waals surface area contributed by atoms with Gasteiger partial charge < -0.3 is 23.8 Å². The first kappa shape index (κ1) is 35.2. The lowest BCUT2D eigenvalue weighted by atomic mass is 9.83. The minimum atomic E-state index is -1.01. The van der Waals surface area contributed by atoms with E-state index in [4.69, 9.17) is 13.6 Å². The Bertz CT molecular complexity index is 1410. The Morgan fingerprint density at radius 1 is 0.810 bits per heavy atom. The molecule has 8 heteroatoms. The molecule has 2 N–H and O–H groups in total. The Morgan fingerprint density at radius 3 is 1.81 bits per heavy atom. The van der Waals surface area contributed by atoms with Crippen LogP contribution in [0.4, 0.5) is 0 Å². The fourth-order valence-corrected chi connectivity index (χ4v) is 5.92. The van der Waals surface area contributed by atoms with Crippen molar-refractivity contribution in [1.82, 2.24) is 0 Å². The van der Waals surface area contributed by atoms with E-state index >= 15 is 0 Å². The summed E-state index contributed by atoms with van der Waals surface area (Å²) in [5.74, 6) is -0.322. The number of aliphatic hydroxyl groups is 2. The normalized spacial score (nSPS) is 17.2. The van der Waals surface area contributed by atoms with E-state index in [1.165, 1.54) is 6.92 Å². The van der Waals surface area contributed by atoms with E-state index in [9.17, 15) is 24.6 Å². The topological polar surface area (TPSA) is 127 Å². The number of carbonyl (C=O) groups is 1. The fourth-order valence-electron chi connectivity index (χ4n) is 5.92. The van der Waals surface area contributed by atoms with Crippen LogP contribution >= 0.6 is 0 Å². The molecule has 0 saturated heterocycles. The van der Waals surface area contributed by atoms with Crippen molar-refractivity contribution >= 4 is 5.97 Å². The molecular formula is C34H50O8. The predicted molar refractivity (Wildman–Crippen MR) is 164 cm³/mol. The first-order chi connectivity index (χ1) is 19.5. The quantitative estimate of drug-likeness (QED) is 0.227. The lowest BCUT2D eigenvalue weighted by molar-refractivity contribution is -0.152. The van der Waals surface area contributed by atoms with Gasteiger partial charge in [0.2, 0.25) is 0 Å². The molecule has 42 heavy (non-hydrogen) atoms. The van der Waals surface area contributed by atoms with Crippen molar-refractivity contribution in [1.29, 1.82) is 0 Å². The number of hydrogen-bond acceptors (Lipinski definition) is 8. The highest BCUT2D eigenvalue weighted by Crippen LogP contribution is 2.34. The standard InChI is InChI=1S/C34H50O8/c1-13-26(36)18(5)32-23(10)30(39)21(8)31(42-32)17(4)15-16(3)28(37)20(7)33(40-25(12)35)24(11)34-22(9)29(38)19(6)27(14-2)41-34/h15,17-18,20,24,26,28,33,36-37H,13-14H2,1-12H3/b16-15+/t17-,18+,20-,24-,26+,28-,33-/m1/s1. The van der Waals surface area contributed by atoms with Crippen LogP contribution in [0, 0.1) is 33.6 Å². The Kier molecular flexibility index (Phi) is 12.1. The van der Waals surface area contributed by atoms with Gasteiger partial charge in [-0.2, -0.15) is 0 Å². The first-order valence-electron chi connectivity index (χ1n) is 15.0. The third-order valence-corrected chi connectivity index (χ3v) is 8.69. The average Bonchev–Trinajstić information content (AvgIpc) is 2.95. The predicted octanol–water partition coefficient (Wildman–Crippen LogP) is 6.05. The monoisotopic (exact) mass is 586 g/mol. The lowest BCUT2D eigenvalue weighted by Gasteiger charge is -2.32. The van der Waals surface area contributed by atoms with Crippen molar-refractivity contribution in [3.8, 4) is 0 Å². The highest BCUT2D eigenvalue weighted by Gasteiger charge is 2.36. The van der Waals surface area contributed by atoms with Crippen LogP contribution in [0.2, 0.25) is 0 Å². The molecule has 234 valence electrons. The maximum atomic E-state index is 13.1. The number of esters is 1. The number of ether oxygens (including phenoxy) is 1. The lowest BCUT2D eigenvalue weighted by Crippen LogP contribution is -2.38. The summed E-state index contributed by atoms with van der Waals surface area (Å²) in [5, 5.41) is 21.9. The SMILES string of the molecule is CCc1oc([C@H](C)[C@H](OC(C)=O)[C@H](C)[C@H](O)/C(C)=C/[C@@H](C)c2oc([C@@H](C)[C@@H](O)CC)c(C)c(=O)c2C)c(C)c(=O)c1C. The summed E-state index contributed by atoms with van der Waals surface area (Å²) in [4.78, 5) is 38.2. The maximum absolute atomic E-state index is 13.1. The molecule has 0 aliphatic carbocycles. The van der Waals surface area contributed by atoms with Gasteiger partial charge in [-0.05, 0) is 46.6 Å². The summed E-state index contributed by atoms with van der Waals surface area (Å²) in [7, 11) is 0. The van der Waals surface area contributed by atoms with Gasteiger partial charge in [-0.1, -0.05) is 47.6 Å². The number of aryl methyl sites for hydroxylation is 1. The summed E-state index contributed by atoms with van der Waals surface area (Å²) >= 11 is 0. The van der Waals surface area contributed by atoms with Crippen molar-refractivity contribution in [2.24, 2.45) is 5.92 Å². The summed E-state index contributed by atoms with van der Waals surface area (Å²) in [6, 6.07) is 0. The average molecular weight is 587 g/mol. The van der Waals surface area contributed by atoms with Crippen molar-refractivity contribution in [3.05, 3.63) is 77.4 Å². The zero-order chi connectivity index (χ0) is 32.2. The van der Waals surface area contributed by atoms with Crippen LogP contribution in [-0.2, 0) is 16.0 Å². The van der Waals surface area contributed by atoms with E-state index in [1.54, 1.807) is 41.5 Å². The Balaban J connectivity index is 2.50. The maximum Gasteiger partial charge on any atom is 0.302 e. The van der Waals surface area contributed by atoms with Crippen LogP contribution in [0.15, 0.2) is 30.1 Å². The second kappa shape index (κ2) is 14.5. The first-order valence-corrected chi connectivity index (χ1v) is 15.0. The molecule has 2 rings (SSSR count). The summed E-state index contributed by atoms with van der Waals surface area (Å²) in [6.45, 7) is 21.1. The van der Waals surface area contributed by atoms with E-state index in [-0.39, 0.29) is 22.7 Å². The van der Waals surface area contributed by atoms with Gasteiger partial charge in [-0.15, -0.1) is 0 Å². The van der Waals surface area contributed by atoms with Gasteiger partial charge in [-0.3, -0.25) is 14.4 Å². The van der Waals surface area contributed by atoms with Gasteiger partial charge in [0.05, 0.1) is 18.1 Å². The zero-order valence-electron chi connectivity index (χ0n) is 27.4. The molecule has 0 aliphatic rings. The van der Waals surface area contributed by atoms with Crippen LogP contribution in [-0.4, -0.2) is 34.5 Å². The van der Waals surface area contributed by atoms with Gasteiger partial charge in [0, 0.05) is 53.4 Å². The van der Waals surface area contributed by atoms with Crippen molar-refractivity contribution in [2.75, 3.05) is 0 Å². The van der Waals surface area contributed by atoms with Crippen molar-refractivity contribution in [3.63, 3.8) is 0 Å².